The van der Waals surface area contributed by atoms with Gasteiger partial charge in [0.1, 0.15) is 0 Å². The van der Waals surface area contributed by atoms with Gasteiger partial charge in [0.05, 0.1) is 20.8 Å². The molecule has 1 amide bonds. The first-order valence-electron chi connectivity index (χ1n) is 9.68. The molecule has 0 radical (unpaired) electrons. The molecule has 0 aliphatic carbocycles. The van der Waals surface area contributed by atoms with Crippen molar-refractivity contribution in [3.05, 3.63) is 42.3 Å². The Balaban J connectivity index is 2.45. The lowest BCUT2D eigenvalue weighted by Gasteiger charge is -2.16. The first-order chi connectivity index (χ1) is 14.4. The van der Waals surface area contributed by atoms with Crippen LogP contribution < -0.4 is 24.2 Å². The van der Waals surface area contributed by atoms with Crippen LogP contribution >= 0.6 is 22.9 Å². The number of ketones is 1. The summed E-state index contributed by atoms with van der Waals surface area (Å²) in [7, 11) is 3.27. The molecule has 0 saturated heterocycles. The van der Waals surface area contributed by atoms with Crippen molar-refractivity contribution in [1.82, 2.24) is 9.88 Å². The predicted molar refractivity (Wildman–Crippen MR) is 123 cm³/mol. The number of halogens is 1. The van der Waals surface area contributed by atoms with Crippen LogP contribution in [0.1, 0.15) is 33.3 Å². The lowest BCUT2D eigenvalue weighted by atomic mass is 9.91. The van der Waals surface area contributed by atoms with Crippen LogP contribution in [-0.4, -0.2) is 48.9 Å². The number of Topliss-reactive ketones (excluding diaryl/α,β-unsaturated/α-hetero) is 1. The number of likely N-dealkylation sites (N-methyl/N-ethyl adjacent to an activating group) is 1. The topological polar surface area (TPSA) is 88.7 Å². The molecule has 0 spiro atoms. The van der Waals surface area contributed by atoms with Crippen molar-refractivity contribution in [1.29, 1.82) is 0 Å². The molecule has 0 saturated carbocycles. The molecule has 0 fully saturated rings. The fourth-order valence-electron chi connectivity index (χ4n) is 2.35. The first kappa shape index (κ1) is 24.7. The third-order valence-corrected chi connectivity index (χ3v) is 5.39. The number of amides is 1. The first-order valence-corrected chi connectivity index (χ1v) is 10.9. The van der Waals surface area contributed by atoms with Gasteiger partial charge in [-0.1, -0.05) is 32.4 Å². The van der Waals surface area contributed by atoms with Gasteiger partial charge in [-0.3, -0.25) is 14.4 Å². The van der Waals surface area contributed by atoms with E-state index in [4.69, 9.17) is 21.1 Å². The summed E-state index contributed by atoms with van der Waals surface area (Å²) >= 11 is 7.56. The molecule has 0 bridgehead atoms. The zero-order valence-electron chi connectivity index (χ0n) is 18.5. The van der Waals surface area contributed by atoms with Crippen LogP contribution in [0.2, 0.25) is 5.02 Å². The fraction of sp³-hybridized carbons (Fsp3) is 0.409. The summed E-state index contributed by atoms with van der Waals surface area (Å²) in [6.07, 6.45) is 3.10. The summed E-state index contributed by atoms with van der Waals surface area (Å²) in [5.41, 5.74) is -0.209. The second-order valence-electron chi connectivity index (χ2n) is 8.03. The van der Waals surface area contributed by atoms with Gasteiger partial charge in [0.2, 0.25) is 0 Å². The summed E-state index contributed by atoms with van der Waals surface area (Å²) in [5, 5.41) is 0.256. The molecule has 0 atom stereocenters. The second-order valence-corrected chi connectivity index (χ2v) is 9.52. The SMILES string of the molecule is CCOc1cc(/C=c2\s/c(=C\C(=O)C(C)(C)C)[nH]c2=O)cc(Cl)c1OCC(=O)N(C)C. The number of ether oxygens (including phenoxy) is 2. The Kier molecular flexibility index (Phi) is 8.08. The van der Waals surface area contributed by atoms with Crippen molar-refractivity contribution < 1.29 is 19.1 Å². The van der Waals surface area contributed by atoms with E-state index in [1.54, 1.807) is 32.3 Å². The zero-order chi connectivity index (χ0) is 23.3. The van der Waals surface area contributed by atoms with Gasteiger partial charge in [-0.2, -0.15) is 0 Å². The Morgan fingerprint density at radius 1 is 1.23 bits per heavy atom. The lowest BCUT2D eigenvalue weighted by Crippen LogP contribution is -2.27. The predicted octanol–water partition coefficient (Wildman–Crippen LogP) is 2.18. The molecular formula is C22H27ClN2O5S. The zero-order valence-corrected chi connectivity index (χ0v) is 20.1. The minimum atomic E-state index is -0.533. The van der Waals surface area contributed by atoms with Crippen molar-refractivity contribution in [2.75, 3.05) is 27.3 Å². The van der Waals surface area contributed by atoms with E-state index in [1.807, 2.05) is 27.7 Å². The number of carbonyl (C=O) groups excluding carboxylic acids is 2. The molecule has 0 aliphatic heterocycles. The molecular weight excluding hydrogens is 440 g/mol. The van der Waals surface area contributed by atoms with Crippen molar-refractivity contribution in [2.45, 2.75) is 27.7 Å². The van der Waals surface area contributed by atoms with Crippen LogP contribution in [0.5, 0.6) is 11.5 Å². The number of H-pyrrole nitrogens is 1. The van der Waals surface area contributed by atoms with Crippen LogP contribution in [0.4, 0.5) is 0 Å². The molecule has 7 nitrogen and oxygen atoms in total. The summed E-state index contributed by atoms with van der Waals surface area (Å²) in [5.74, 6) is 0.344. The molecule has 0 aliphatic rings. The quantitative estimate of drug-likeness (QED) is 0.675. The Morgan fingerprint density at radius 3 is 2.48 bits per heavy atom. The fourth-order valence-corrected chi connectivity index (χ4v) is 3.51. The average molecular weight is 467 g/mol. The number of benzene rings is 1. The molecule has 1 heterocycles. The van der Waals surface area contributed by atoms with Crippen molar-refractivity contribution >= 4 is 46.8 Å². The standard InChI is InChI=1S/C22H27ClN2O5S/c1-7-29-15-9-13(8-14(23)20(15)30-12-19(27)25(5)6)10-16-21(28)24-18(31-16)11-17(26)22(2,3)4/h8-11H,7,12H2,1-6H3,(H,24,28)/b16-10-,18-11-. The number of thiazole rings is 1. The summed E-state index contributed by atoms with van der Waals surface area (Å²) < 4.78 is 12.1. The molecule has 1 N–H and O–H groups in total. The van der Waals surface area contributed by atoms with Gasteiger partial charge < -0.3 is 19.4 Å². The largest absolute Gasteiger partial charge is 0.490 e. The van der Waals surface area contributed by atoms with Gasteiger partial charge in [0.25, 0.3) is 11.5 Å². The third-order valence-electron chi connectivity index (χ3n) is 4.15. The Labute approximate surface area is 189 Å². The summed E-state index contributed by atoms with van der Waals surface area (Å²) in [6.45, 7) is 7.46. The highest BCUT2D eigenvalue weighted by molar-refractivity contribution is 7.07. The van der Waals surface area contributed by atoms with E-state index in [2.05, 4.69) is 4.98 Å². The Morgan fingerprint density at radius 2 is 1.90 bits per heavy atom. The van der Waals surface area contributed by atoms with Crippen molar-refractivity contribution in [2.24, 2.45) is 5.41 Å². The number of nitrogens with one attached hydrogen (secondary N) is 1. The smallest absolute Gasteiger partial charge is 0.266 e. The molecule has 1 aromatic carbocycles. The Hall–Kier alpha value is -2.58. The van der Waals surface area contributed by atoms with Gasteiger partial charge in [0, 0.05) is 25.6 Å². The number of aromatic amines is 1. The van der Waals surface area contributed by atoms with E-state index in [-0.39, 0.29) is 34.6 Å². The lowest BCUT2D eigenvalue weighted by molar-refractivity contribution is -0.130. The van der Waals surface area contributed by atoms with Crippen LogP contribution in [0.3, 0.4) is 0 Å². The molecule has 31 heavy (non-hydrogen) atoms. The van der Waals surface area contributed by atoms with E-state index in [1.165, 1.54) is 22.3 Å². The number of hydrogen-bond acceptors (Lipinski definition) is 6. The van der Waals surface area contributed by atoms with Gasteiger partial charge in [-0.15, -0.1) is 11.3 Å². The number of rotatable bonds is 7. The summed E-state index contributed by atoms with van der Waals surface area (Å²) in [4.78, 5) is 40.5. The number of aromatic nitrogens is 1. The normalized spacial score (nSPS) is 12.7. The molecule has 9 heteroatoms. The molecule has 1 aromatic heterocycles. The van der Waals surface area contributed by atoms with Crippen LogP contribution in [0.25, 0.3) is 12.2 Å². The van der Waals surface area contributed by atoms with Crippen molar-refractivity contribution in [3.63, 3.8) is 0 Å². The minimum absolute atomic E-state index is 0.0769. The number of carbonyl (C=O) groups is 2. The maximum Gasteiger partial charge on any atom is 0.266 e. The van der Waals surface area contributed by atoms with Crippen LogP contribution in [0.15, 0.2) is 16.9 Å². The number of nitrogens with zero attached hydrogens (tertiary/aromatic N) is 1. The average Bonchev–Trinajstić information content (AvgIpc) is 2.99. The minimum Gasteiger partial charge on any atom is -0.490 e. The maximum absolute atomic E-state index is 12.3. The van der Waals surface area contributed by atoms with Crippen LogP contribution in [0, 0.1) is 5.41 Å². The van der Waals surface area contributed by atoms with Gasteiger partial charge >= 0.3 is 0 Å². The maximum atomic E-state index is 12.3. The van der Waals surface area contributed by atoms with Crippen molar-refractivity contribution in [3.8, 4) is 11.5 Å². The second kappa shape index (κ2) is 10.2. The van der Waals surface area contributed by atoms with E-state index in [0.717, 1.165) is 0 Å². The molecule has 2 aromatic rings. The number of hydrogen-bond donors (Lipinski definition) is 1. The van der Waals surface area contributed by atoms with Gasteiger partial charge in [-0.25, -0.2) is 0 Å². The highest BCUT2D eigenvalue weighted by atomic mass is 35.5. The van der Waals surface area contributed by atoms with Gasteiger partial charge in [-0.05, 0) is 30.7 Å². The van der Waals surface area contributed by atoms with E-state index in [0.29, 0.717) is 27.1 Å². The Bertz CT molecular complexity index is 1140. The third kappa shape index (κ3) is 6.70. The summed E-state index contributed by atoms with van der Waals surface area (Å²) in [6, 6.07) is 3.32. The monoisotopic (exact) mass is 466 g/mol. The van der Waals surface area contributed by atoms with Gasteiger partial charge in [0.15, 0.2) is 23.9 Å². The molecule has 168 valence electrons. The highest BCUT2D eigenvalue weighted by Gasteiger charge is 2.19. The van der Waals surface area contributed by atoms with E-state index >= 15 is 0 Å². The van der Waals surface area contributed by atoms with E-state index in [9.17, 15) is 14.4 Å². The highest BCUT2D eigenvalue weighted by Crippen LogP contribution is 2.37. The molecule has 0 unspecified atom stereocenters. The molecule has 2 rings (SSSR count). The van der Waals surface area contributed by atoms with Crippen LogP contribution in [-0.2, 0) is 9.59 Å². The van der Waals surface area contributed by atoms with E-state index < -0.39 is 5.41 Å².